The Morgan fingerprint density at radius 2 is 1.76 bits per heavy atom. The van der Waals surface area contributed by atoms with Gasteiger partial charge in [0.05, 0.1) is 5.92 Å². The molecule has 1 fully saturated rings. The van der Waals surface area contributed by atoms with E-state index in [1.807, 2.05) is 6.92 Å². The highest BCUT2D eigenvalue weighted by molar-refractivity contribution is 5.06. The number of nitrogens with zero attached hydrogens (tertiary/aromatic N) is 2. The topological polar surface area (TPSA) is 74.2 Å². The fourth-order valence-corrected chi connectivity index (χ4v) is 3.49. The van der Waals surface area contributed by atoms with E-state index in [2.05, 4.69) is 24.0 Å². The highest BCUT2D eigenvalue weighted by atomic mass is 16.5. The normalized spacial score (nSPS) is 22.0. The molecule has 1 aromatic heterocycles. The van der Waals surface area contributed by atoms with Crippen LogP contribution in [0.2, 0.25) is 0 Å². The molecule has 0 aromatic carbocycles. The summed E-state index contributed by atoms with van der Waals surface area (Å²) in [6, 6.07) is -0.00840. The van der Waals surface area contributed by atoms with Crippen LogP contribution in [0.1, 0.15) is 76.9 Å². The third kappa shape index (κ3) is 3.46. The minimum absolute atomic E-state index is 0.00840. The van der Waals surface area contributed by atoms with E-state index < -0.39 is 0 Å². The SMILES string of the molecule is COC1(c2noc(C(C(C)C)C(C)N)n2)CCCCCC1. The molecule has 2 N–H and O–H groups in total. The Hall–Kier alpha value is -0.940. The van der Waals surface area contributed by atoms with Crippen molar-refractivity contribution in [2.75, 3.05) is 7.11 Å². The number of nitrogens with two attached hydrogens (primary N) is 1. The molecule has 1 saturated carbocycles. The number of hydrogen-bond acceptors (Lipinski definition) is 5. The molecule has 1 aromatic rings. The predicted molar refractivity (Wildman–Crippen MR) is 81.9 cm³/mol. The van der Waals surface area contributed by atoms with Gasteiger partial charge in [0.15, 0.2) is 0 Å². The summed E-state index contributed by atoms with van der Waals surface area (Å²) in [5.41, 5.74) is 5.71. The number of aromatic nitrogens is 2. The second-order valence-electron chi connectivity index (χ2n) is 6.70. The minimum atomic E-state index is -0.377. The van der Waals surface area contributed by atoms with Crippen LogP contribution in [0.5, 0.6) is 0 Å². The minimum Gasteiger partial charge on any atom is -0.370 e. The van der Waals surface area contributed by atoms with E-state index in [0.29, 0.717) is 17.6 Å². The van der Waals surface area contributed by atoms with Crippen LogP contribution >= 0.6 is 0 Å². The van der Waals surface area contributed by atoms with E-state index in [-0.39, 0.29) is 17.6 Å². The smallest absolute Gasteiger partial charge is 0.231 e. The summed E-state index contributed by atoms with van der Waals surface area (Å²) in [6.07, 6.45) is 6.74. The fourth-order valence-electron chi connectivity index (χ4n) is 3.49. The second-order valence-corrected chi connectivity index (χ2v) is 6.70. The lowest BCUT2D eigenvalue weighted by Crippen LogP contribution is -2.31. The van der Waals surface area contributed by atoms with Crippen LogP contribution in [0.15, 0.2) is 4.52 Å². The number of hydrogen-bond donors (Lipinski definition) is 1. The van der Waals surface area contributed by atoms with Crippen LogP contribution in [-0.4, -0.2) is 23.3 Å². The van der Waals surface area contributed by atoms with Crippen LogP contribution in [0, 0.1) is 5.92 Å². The first-order valence-corrected chi connectivity index (χ1v) is 8.15. The second kappa shape index (κ2) is 6.88. The molecular formula is C16H29N3O2. The largest absolute Gasteiger partial charge is 0.370 e. The highest BCUT2D eigenvalue weighted by Gasteiger charge is 2.38. The molecule has 0 radical (unpaired) electrons. The number of rotatable bonds is 5. The Kier molecular flexibility index (Phi) is 5.38. The lowest BCUT2D eigenvalue weighted by Gasteiger charge is -2.27. The first-order valence-electron chi connectivity index (χ1n) is 8.15. The maximum absolute atomic E-state index is 6.09. The molecule has 1 aliphatic carbocycles. The predicted octanol–water partition coefficient (Wildman–Crippen LogP) is 3.35. The highest BCUT2D eigenvalue weighted by Crippen LogP contribution is 2.38. The van der Waals surface area contributed by atoms with Crippen molar-refractivity contribution in [1.29, 1.82) is 0 Å². The van der Waals surface area contributed by atoms with Crippen molar-refractivity contribution in [3.8, 4) is 0 Å². The van der Waals surface area contributed by atoms with Gasteiger partial charge in [0.2, 0.25) is 11.7 Å². The van der Waals surface area contributed by atoms with Crippen LogP contribution in [0.25, 0.3) is 0 Å². The lowest BCUT2D eigenvalue weighted by atomic mass is 9.89. The zero-order valence-corrected chi connectivity index (χ0v) is 13.8. The van der Waals surface area contributed by atoms with Crippen molar-refractivity contribution in [2.45, 2.75) is 76.9 Å². The van der Waals surface area contributed by atoms with Gasteiger partial charge in [-0.2, -0.15) is 4.98 Å². The van der Waals surface area contributed by atoms with Gasteiger partial charge in [-0.15, -0.1) is 0 Å². The summed E-state index contributed by atoms with van der Waals surface area (Å²) >= 11 is 0. The van der Waals surface area contributed by atoms with Gasteiger partial charge in [-0.3, -0.25) is 0 Å². The van der Waals surface area contributed by atoms with Crippen LogP contribution in [0.3, 0.4) is 0 Å². The fraction of sp³-hybridized carbons (Fsp3) is 0.875. The molecule has 2 unspecified atom stereocenters. The zero-order valence-electron chi connectivity index (χ0n) is 13.8. The average molecular weight is 295 g/mol. The first kappa shape index (κ1) is 16.4. The van der Waals surface area contributed by atoms with Gasteiger partial charge in [0, 0.05) is 13.2 Å². The lowest BCUT2D eigenvalue weighted by molar-refractivity contribution is -0.0365. The van der Waals surface area contributed by atoms with Crippen molar-refractivity contribution in [3.63, 3.8) is 0 Å². The molecule has 21 heavy (non-hydrogen) atoms. The van der Waals surface area contributed by atoms with Gasteiger partial charge in [-0.1, -0.05) is 44.7 Å². The molecule has 120 valence electrons. The van der Waals surface area contributed by atoms with E-state index in [1.54, 1.807) is 7.11 Å². The average Bonchev–Trinajstić information content (AvgIpc) is 2.76. The number of ether oxygens (including phenoxy) is 1. The maximum atomic E-state index is 6.09. The van der Waals surface area contributed by atoms with E-state index in [1.165, 1.54) is 12.8 Å². The molecule has 5 nitrogen and oxygen atoms in total. The Bertz CT molecular complexity index is 426. The summed E-state index contributed by atoms with van der Waals surface area (Å²) < 4.78 is 11.4. The van der Waals surface area contributed by atoms with Crippen molar-refractivity contribution >= 4 is 0 Å². The van der Waals surface area contributed by atoms with E-state index in [9.17, 15) is 0 Å². The molecule has 0 amide bonds. The summed E-state index contributed by atoms with van der Waals surface area (Å²) in [5, 5.41) is 4.24. The summed E-state index contributed by atoms with van der Waals surface area (Å²) in [5.74, 6) is 1.81. The molecule has 5 heteroatoms. The Labute approximate surface area is 127 Å². The molecule has 0 bridgehead atoms. The maximum Gasteiger partial charge on any atom is 0.231 e. The van der Waals surface area contributed by atoms with Crippen molar-refractivity contribution in [2.24, 2.45) is 11.7 Å². The van der Waals surface area contributed by atoms with Crippen LogP contribution < -0.4 is 5.73 Å². The molecule has 0 spiro atoms. The standard InChI is InChI=1S/C16H29N3O2/c1-11(2)13(12(3)17)14-18-15(19-21-14)16(20-4)9-7-5-6-8-10-16/h11-13H,5-10,17H2,1-4H3. The monoisotopic (exact) mass is 295 g/mol. The van der Waals surface area contributed by atoms with Crippen molar-refractivity contribution < 1.29 is 9.26 Å². The Morgan fingerprint density at radius 3 is 2.24 bits per heavy atom. The van der Waals surface area contributed by atoms with Crippen molar-refractivity contribution in [3.05, 3.63) is 11.7 Å². The van der Waals surface area contributed by atoms with Gasteiger partial charge in [0.25, 0.3) is 0 Å². The summed E-state index contributed by atoms with van der Waals surface area (Å²) in [6.45, 7) is 6.26. The van der Waals surface area contributed by atoms with Gasteiger partial charge in [0.1, 0.15) is 5.60 Å². The molecule has 1 aliphatic rings. The zero-order chi connectivity index (χ0) is 15.5. The van der Waals surface area contributed by atoms with Gasteiger partial charge < -0.3 is 15.0 Å². The molecule has 0 aliphatic heterocycles. The van der Waals surface area contributed by atoms with Crippen LogP contribution in [-0.2, 0) is 10.3 Å². The molecule has 2 rings (SSSR count). The number of methoxy groups -OCH3 is 1. The summed E-state index contributed by atoms with van der Waals surface area (Å²) in [7, 11) is 1.76. The quantitative estimate of drug-likeness (QED) is 0.843. The van der Waals surface area contributed by atoms with Gasteiger partial charge >= 0.3 is 0 Å². The van der Waals surface area contributed by atoms with Gasteiger partial charge in [-0.25, -0.2) is 0 Å². The first-order chi connectivity index (χ1) is 10.00. The van der Waals surface area contributed by atoms with E-state index in [4.69, 9.17) is 15.0 Å². The third-order valence-corrected chi connectivity index (χ3v) is 4.72. The molecular weight excluding hydrogens is 266 g/mol. The van der Waals surface area contributed by atoms with Crippen molar-refractivity contribution in [1.82, 2.24) is 10.1 Å². The molecule has 1 heterocycles. The third-order valence-electron chi connectivity index (χ3n) is 4.72. The molecule has 0 saturated heterocycles. The molecule has 2 atom stereocenters. The summed E-state index contributed by atoms with van der Waals surface area (Å²) in [4.78, 5) is 4.68. The van der Waals surface area contributed by atoms with Crippen LogP contribution in [0.4, 0.5) is 0 Å². The van der Waals surface area contributed by atoms with E-state index in [0.717, 1.165) is 25.7 Å². The Morgan fingerprint density at radius 1 is 1.14 bits per heavy atom. The Balaban J connectivity index is 2.28. The van der Waals surface area contributed by atoms with E-state index >= 15 is 0 Å². The van der Waals surface area contributed by atoms with Gasteiger partial charge in [-0.05, 0) is 25.7 Å².